The average molecular weight is 366 g/mol. The number of nitrogens with zero attached hydrogens (tertiary/aromatic N) is 4. The van der Waals surface area contributed by atoms with Gasteiger partial charge in [0.05, 0.1) is 25.6 Å². The molecule has 0 radical (unpaired) electrons. The zero-order chi connectivity index (χ0) is 18.1. The summed E-state index contributed by atoms with van der Waals surface area (Å²) in [5, 5.41) is 14.8. The maximum atomic E-state index is 9.19. The molecule has 0 unspecified atom stereocenters. The second-order valence-electron chi connectivity index (χ2n) is 5.83. The highest BCUT2D eigenvalue weighted by Crippen LogP contribution is 2.31. The summed E-state index contributed by atoms with van der Waals surface area (Å²) in [6.07, 6.45) is 1.82. The van der Waals surface area contributed by atoms with Crippen LogP contribution in [0.1, 0.15) is 5.56 Å². The van der Waals surface area contributed by atoms with E-state index in [0.717, 1.165) is 38.4 Å². The van der Waals surface area contributed by atoms with Crippen LogP contribution in [0.4, 0.5) is 10.8 Å². The normalized spacial score (nSPS) is 11.0. The molecule has 0 fully saturated rings. The van der Waals surface area contributed by atoms with Gasteiger partial charge in [-0.15, -0.1) is 5.10 Å². The fourth-order valence-corrected chi connectivity index (χ4v) is 3.57. The Morgan fingerprint density at radius 1 is 1.12 bits per heavy atom. The molecule has 1 N–H and O–H groups in total. The summed E-state index contributed by atoms with van der Waals surface area (Å²) in [5.41, 5.74) is 3.85. The van der Waals surface area contributed by atoms with E-state index in [2.05, 4.69) is 4.98 Å². The molecule has 2 aromatic carbocycles. The first kappa shape index (κ1) is 16.6. The number of imidazole rings is 1. The molecule has 0 saturated carbocycles. The Labute approximate surface area is 154 Å². The Balaban J connectivity index is 1.68. The van der Waals surface area contributed by atoms with E-state index >= 15 is 0 Å². The third-order valence-electron chi connectivity index (χ3n) is 4.25. The van der Waals surface area contributed by atoms with E-state index in [-0.39, 0.29) is 6.61 Å². The molecule has 0 saturated heterocycles. The number of aliphatic hydroxyl groups is 1. The number of hydrogen-bond donors (Lipinski definition) is 1. The molecule has 2 aromatic heterocycles. The van der Waals surface area contributed by atoms with Crippen molar-refractivity contribution >= 4 is 27.1 Å². The molecular formula is C19H18N4O2S. The molecule has 6 nitrogen and oxygen atoms in total. The van der Waals surface area contributed by atoms with Crippen LogP contribution in [0.3, 0.4) is 0 Å². The molecule has 4 rings (SSSR count). The van der Waals surface area contributed by atoms with E-state index in [1.807, 2.05) is 71.2 Å². The summed E-state index contributed by atoms with van der Waals surface area (Å²) in [6.45, 7) is 0.0373. The number of aliphatic hydroxyl groups excluding tert-OH is 1. The first-order chi connectivity index (χ1) is 12.7. The molecule has 26 heavy (non-hydrogen) atoms. The number of methoxy groups -OCH3 is 1. The van der Waals surface area contributed by atoms with Crippen molar-refractivity contribution in [1.29, 1.82) is 0 Å². The monoisotopic (exact) mass is 366 g/mol. The van der Waals surface area contributed by atoms with E-state index in [0.29, 0.717) is 0 Å². The SMILES string of the molecule is COc1ccc(N(C)c2nn3c(-c4ccc(CO)cc4)cnc3s2)cc1. The predicted octanol–water partition coefficient (Wildman–Crippen LogP) is 3.73. The van der Waals surface area contributed by atoms with Crippen LogP contribution in [-0.4, -0.2) is 33.9 Å². The number of benzene rings is 2. The summed E-state index contributed by atoms with van der Waals surface area (Å²) in [5.74, 6) is 0.824. The first-order valence-corrected chi connectivity index (χ1v) is 8.94. The van der Waals surface area contributed by atoms with Crippen LogP contribution in [0, 0.1) is 0 Å². The van der Waals surface area contributed by atoms with E-state index in [1.165, 1.54) is 11.3 Å². The highest BCUT2D eigenvalue weighted by Gasteiger charge is 2.15. The van der Waals surface area contributed by atoms with Gasteiger partial charge >= 0.3 is 0 Å². The quantitative estimate of drug-likeness (QED) is 0.583. The van der Waals surface area contributed by atoms with Gasteiger partial charge in [0, 0.05) is 18.3 Å². The molecule has 2 heterocycles. The molecule has 0 aliphatic rings. The smallest absolute Gasteiger partial charge is 0.214 e. The second-order valence-corrected chi connectivity index (χ2v) is 6.77. The van der Waals surface area contributed by atoms with Crippen molar-refractivity contribution in [3.05, 3.63) is 60.3 Å². The molecule has 0 spiro atoms. The van der Waals surface area contributed by atoms with Crippen LogP contribution in [0.25, 0.3) is 16.2 Å². The van der Waals surface area contributed by atoms with Gasteiger partial charge in [0.1, 0.15) is 5.75 Å². The van der Waals surface area contributed by atoms with Crippen LogP contribution in [0.5, 0.6) is 5.75 Å². The third kappa shape index (κ3) is 2.91. The molecular weight excluding hydrogens is 348 g/mol. The maximum Gasteiger partial charge on any atom is 0.214 e. The van der Waals surface area contributed by atoms with E-state index < -0.39 is 0 Å². The Hall–Kier alpha value is -2.90. The van der Waals surface area contributed by atoms with Gasteiger partial charge in [-0.05, 0) is 29.8 Å². The topological polar surface area (TPSA) is 62.9 Å². The van der Waals surface area contributed by atoms with E-state index in [9.17, 15) is 5.11 Å². The van der Waals surface area contributed by atoms with E-state index in [1.54, 1.807) is 7.11 Å². The van der Waals surface area contributed by atoms with Crippen LogP contribution in [0.15, 0.2) is 54.7 Å². The summed E-state index contributed by atoms with van der Waals surface area (Å²) in [4.78, 5) is 7.34. The van der Waals surface area contributed by atoms with Gasteiger partial charge in [0.25, 0.3) is 0 Å². The zero-order valence-electron chi connectivity index (χ0n) is 14.5. The second kappa shape index (κ2) is 6.78. The molecule has 0 aliphatic carbocycles. The number of ether oxygens (including phenoxy) is 1. The molecule has 4 aromatic rings. The van der Waals surface area contributed by atoms with E-state index in [4.69, 9.17) is 9.84 Å². The maximum absolute atomic E-state index is 9.19. The lowest BCUT2D eigenvalue weighted by Gasteiger charge is -2.15. The Kier molecular flexibility index (Phi) is 4.32. The lowest BCUT2D eigenvalue weighted by atomic mass is 10.1. The van der Waals surface area contributed by atoms with Gasteiger partial charge in [-0.3, -0.25) is 0 Å². The van der Waals surface area contributed by atoms with Crippen molar-refractivity contribution in [2.45, 2.75) is 6.61 Å². The number of fused-ring (bicyclic) bond motifs is 1. The Morgan fingerprint density at radius 2 is 1.85 bits per heavy atom. The fourth-order valence-electron chi connectivity index (χ4n) is 2.71. The third-order valence-corrected chi connectivity index (χ3v) is 5.25. The highest BCUT2D eigenvalue weighted by molar-refractivity contribution is 7.20. The van der Waals surface area contributed by atoms with Gasteiger partial charge in [-0.25, -0.2) is 9.50 Å². The molecule has 0 aliphatic heterocycles. The first-order valence-electron chi connectivity index (χ1n) is 8.12. The van der Waals surface area contributed by atoms with Crippen LogP contribution in [-0.2, 0) is 6.61 Å². The number of aromatic nitrogens is 3. The minimum absolute atomic E-state index is 0.0373. The fraction of sp³-hybridized carbons (Fsp3) is 0.158. The van der Waals surface area contributed by atoms with Crippen molar-refractivity contribution in [1.82, 2.24) is 14.6 Å². The van der Waals surface area contributed by atoms with Gasteiger partial charge in [-0.2, -0.15) is 0 Å². The van der Waals surface area contributed by atoms with Crippen molar-refractivity contribution in [3.8, 4) is 17.0 Å². The summed E-state index contributed by atoms with van der Waals surface area (Å²) in [6, 6.07) is 15.6. The standard InChI is InChI=1S/C19H18N4O2S/c1-22(15-7-9-16(25-2)10-8-15)19-21-23-17(11-20-18(23)26-19)14-5-3-13(12-24)4-6-14/h3-11,24H,12H2,1-2H3. The van der Waals surface area contributed by atoms with Gasteiger partial charge in [0.2, 0.25) is 10.1 Å². The van der Waals surface area contributed by atoms with Crippen molar-refractivity contribution in [2.75, 3.05) is 19.1 Å². The molecule has 0 atom stereocenters. The van der Waals surface area contributed by atoms with Gasteiger partial charge in [0.15, 0.2) is 0 Å². The predicted molar refractivity (Wildman–Crippen MR) is 103 cm³/mol. The van der Waals surface area contributed by atoms with Crippen LogP contribution >= 0.6 is 11.3 Å². The molecule has 132 valence electrons. The van der Waals surface area contributed by atoms with Crippen molar-refractivity contribution < 1.29 is 9.84 Å². The summed E-state index contributed by atoms with van der Waals surface area (Å²) < 4.78 is 7.07. The summed E-state index contributed by atoms with van der Waals surface area (Å²) in [7, 11) is 3.64. The molecule has 0 amide bonds. The largest absolute Gasteiger partial charge is 0.497 e. The minimum Gasteiger partial charge on any atom is -0.497 e. The molecule has 0 bridgehead atoms. The van der Waals surface area contributed by atoms with Crippen molar-refractivity contribution in [3.63, 3.8) is 0 Å². The van der Waals surface area contributed by atoms with Gasteiger partial charge in [-0.1, -0.05) is 35.6 Å². The number of hydrogen-bond acceptors (Lipinski definition) is 6. The number of anilines is 2. The van der Waals surface area contributed by atoms with Crippen LogP contribution in [0.2, 0.25) is 0 Å². The Bertz CT molecular complexity index is 1020. The highest BCUT2D eigenvalue weighted by atomic mass is 32.1. The lowest BCUT2D eigenvalue weighted by molar-refractivity contribution is 0.282. The summed E-state index contributed by atoms with van der Waals surface area (Å²) >= 11 is 1.53. The Morgan fingerprint density at radius 3 is 2.50 bits per heavy atom. The zero-order valence-corrected chi connectivity index (χ0v) is 15.3. The minimum atomic E-state index is 0.0373. The lowest BCUT2D eigenvalue weighted by Crippen LogP contribution is -2.09. The number of rotatable bonds is 5. The average Bonchev–Trinajstić information content (AvgIpc) is 3.28. The molecule has 7 heteroatoms. The van der Waals surface area contributed by atoms with Crippen LogP contribution < -0.4 is 9.64 Å². The van der Waals surface area contributed by atoms with Crippen molar-refractivity contribution in [2.24, 2.45) is 0 Å². The van der Waals surface area contributed by atoms with Gasteiger partial charge < -0.3 is 14.7 Å².